The van der Waals surface area contributed by atoms with Gasteiger partial charge in [0.1, 0.15) is 6.10 Å². The Labute approximate surface area is 90.5 Å². The van der Waals surface area contributed by atoms with Crippen molar-refractivity contribution in [3.05, 3.63) is 0 Å². The van der Waals surface area contributed by atoms with Gasteiger partial charge in [0, 0.05) is 18.0 Å². The van der Waals surface area contributed by atoms with Gasteiger partial charge in [-0.15, -0.1) is 0 Å². The van der Waals surface area contributed by atoms with Crippen LogP contribution in [0, 0.1) is 5.92 Å². The molecule has 2 saturated heterocycles. The number of piperidine rings is 1. The van der Waals surface area contributed by atoms with Crippen LogP contribution in [-0.4, -0.2) is 34.1 Å². The highest BCUT2D eigenvalue weighted by Gasteiger charge is 2.58. The van der Waals surface area contributed by atoms with E-state index in [9.17, 15) is 9.90 Å². The Morgan fingerprint density at radius 3 is 2.73 bits per heavy atom. The molecule has 3 nitrogen and oxygen atoms in total. The molecule has 15 heavy (non-hydrogen) atoms. The van der Waals surface area contributed by atoms with Gasteiger partial charge in [-0.05, 0) is 32.1 Å². The molecule has 1 saturated carbocycles. The molecule has 3 atom stereocenters. The SMILES string of the molecule is O=C1[C@@H](O)[C@H]2CCCC[C@]23CCCCN13. The second-order valence-electron chi connectivity index (χ2n) is 5.35. The Hall–Kier alpha value is -0.570. The predicted molar refractivity (Wildman–Crippen MR) is 56.3 cm³/mol. The normalized spacial score (nSPS) is 45.1. The average Bonchev–Trinajstić information content (AvgIpc) is 2.50. The molecule has 0 radical (unpaired) electrons. The standard InChI is InChI=1S/C12H19NO2/c14-10-9-5-1-2-6-12(9)7-3-4-8-13(12)11(10)15/h9-10,14H,1-8H2/t9-,10+,12+/m1/s1. The van der Waals surface area contributed by atoms with E-state index in [1.165, 1.54) is 19.3 Å². The molecule has 0 bridgehead atoms. The molecule has 3 rings (SSSR count). The van der Waals surface area contributed by atoms with Crippen LogP contribution in [0.1, 0.15) is 44.9 Å². The molecule has 0 aromatic heterocycles. The summed E-state index contributed by atoms with van der Waals surface area (Å²) in [5, 5.41) is 10.0. The van der Waals surface area contributed by atoms with Crippen LogP contribution in [0.25, 0.3) is 0 Å². The van der Waals surface area contributed by atoms with Crippen molar-refractivity contribution < 1.29 is 9.90 Å². The summed E-state index contributed by atoms with van der Waals surface area (Å²) in [7, 11) is 0. The van der Waals surface area contributed by atoms with Crippen molar-refractivity contribution in [2.24, 2.45) is 5.92 Å². The number of amides is 1. The number of carbonyl (C=O) groups is 1. The fourth-order valence-corrected chi connectivity index (χ4v) is 4.07. The fourth-order valence-electron chi connectivity index (χ4n) is 4.07. The van der Waals surface area contributed by atoms with Gasteiger partial charge in [-0.1, -0.05) is 12.8 Å². The van der Waals surface area contributed by atoms with E-state index in [2.05, 4.69) is 0 Å². The summed E-state index contributed by atoms with van der Waals surface area (Å²) >= 11 is 0. The number of carbonyl (C=O) groups excluding carboxylic acids is 1. The van der Waals surface area contributed by atoms with E-state index in [0.717, 1.165) is 32.2 Å². The third-order valence-corrected chi connectivity index (χ3v) is 4.74. The highest BCUT2D eigenvalue weighted by Crippen LogP contribution is 2.50. The zero-order chi connectivity index (χ0) is 10.5. The summed E-state index contributed by atoms with van der Waals surface area (Å²) in [6, 6.07) is 0. The molecule has 84 valence electrons. The van der Waals surface area contributed by atoms with Crippen molar-refractivity contribution >= 4 is 5.91 Å². The van der Waals surface area contributed by atoms with Crippen molar-refractivity contribution in [3.63, 3.8) is 0 Å². The first-order valence-corrected chi connectivity index (χ1v) is 6.25. The van der Waals surface area contributed by atoms with Gasteiger partial charge in [-0.2, -0.15) is 0 Å². The second-order valence-corrected chi connectivity index (χ2v) is 5.35. The zero-order valence-corrected chi connectivity index (χ0v) is 9.11. The molecule has 0 aromatic rings. The van der Waals surface area contributed by atoms with Crippen LogP contribution < -0.4 is 0 Å². The van der Waals surface area contributed by atoms with E-state index >= 15 is 0 Å². The number of aliphatic hydroxyl groups is 1. The maximum absolute atomic E-state index is 12.0. The quantitative estimate of drug-likeness (QED) is 0.653. The average molecular weight is 209 g/mol. The summed E-state index contributed by atoms with van der Waals surface area (Å²) in [4.78, 5) is 14.0. The molecule has 2 aliphatic heterocycles. The number of nitrogens with zero attached hydrogens (tertiary/aromatic N) is 1. The molecule has 1 N–H and O–H groups in total. The van der Waals surface area contributed by atoms with Crippen LogP contribution in [0.15, 0.2) is 0 Å². The van der Waals surface area contributed by atoms with E-state index in [4.69, 9.17) is 0 Å². The highest BCUT2D eigenvalue weighted by atomic mass is 16.3. The first-order valence-electron chi connectivity index (χ1n) is 6.25. The van der Waals surface area contributed by atoms with Gasteiger partial charge in [-0.3, -0.25) is 4.79 Å². The third-order valence-electron chi connectivity index (χ3n) is 4.74. The van der Waals surface area contributed by atoms with Crippen LogP contribution in [0.5, 0.6) is 0 Å². The molecule has 3 heteroatoms. The number of hydrogen-bond acceptors (Lipinski definition) is 2. The molecule has 1 spiro atoms. The molecule has 0 aromatic carbocycles. The molecule has 0 unspecified atom stereocenters. The van der Waals surface area contributed by atoms with Gasteiger partial charge in [0.25, 0.3) is 5.91 Å². The van der Waals surface area contributed by atoms with Crippen molar-refractivity contribution in [2.45, 2.75) is 56.6 Å². The number of aliphatic hydroxyl groups excluding tert-OH is 1. The summed E-state index contributed by atoms with van der Waals surface area (Å²) in [5.41, 5.74) is 0.0625. The molecule has 3 fully saturated rings. The van der Waals surface area contributed by atoms with Gasteiger partial charge in [-0.25, -0.2) is 0 Å². The van der Waals surface area contributed by atoms with Gasteiger partial charge < -0.3 is 10.0 Å². The molecule has 1 aliphatic carbocycles. The summed E-state index contributed by atoms with van der Waals surface area (Å²) in [6.45, 7) is 0.881. The lowest BCUT2D eigenvalue weighted by Gasteiger charge is -2.48. The van der Waals surface area contributed by atoms with E-state index in [0.29, 0.717) is 0 Å². The van der Waals surface area contributed by atoms with Crippen molar-refractivity contribution in [2.75, 3.05) is 6.54 Å². The molecule has 2 heterocycles. The summed E-state index contributed by atoms with van der Waals surface area (Å²) in [5.74, 6) is 0.251. The van der Waals surface area contributed by atoms with E-state index in [1.807, 2.05) is 4.90 Å². The van der Waals surface area contributed by atoms with Crippen molar-refractivity contribution in [1.82, 2.24) is 4.90 Å². The second kappa shape index (κ2) is 3.21. The molecule has 1 amide bonds. The molecular formula is C12H19NO2. The van der Waals surface area contributed by atoms with Crippen LogP contribution in [0.2, 0.25) is 0 Å². The molecule has 3 aliphatic rings. The van der Waals surface area contributed by atoms with E-state index in [1.54, 1.807) is 0 Å². The van der Waals surface area contributed by atoms with Gasteiger partial charge >= 0.3 is 0 Å². The lowest BCUT2D eigenvalue weighted by Crippen LogP contribution is -2.53. The van der Waals surface area contributed by atoms with Crippen LogP contribution in [0.4, 0.5) is 0 Å². The third kappa shape index (κ3) is 1.13. The maximum Gasteiger partial charge on any atom is 0.252 e. The largest absolute Gasteiger partial charge is 0.383 e. The molecular weight excluding hydrogens is 190 g/mol. The van der Waals surface area contributed by atoms with Crippen molar-refractivity contribution in [3.8, 4) is 0 Å². The Balaban J connectivity index is 1.99. The fraction of sp³-hybridized carbons (Fsp3) is 0.917. The van der Waals surface area contributed by atoms with Gasteiger partial charge in [0.15, 0.2) is 0 Å². The lowest BCUT2D eigenvalue weighted by molar-refractivity contribution is -0.138. The zero-order valence-electron chi connectivity index (χ0n) is 9.11. The van der Waals surface area contributed by atoms with Crippen LogP contribution >= 0.6 is 0 Å². The van der Waals surface area contributed by atoms with Crippen LogP contribution in [-0.2, 0) is 4.79 Å². The van der Waals surface area contributed by atoms with E-state index in [-0.39, 0.29) is 17.4 Å². The Morgan fingerprint density at radius 2 is 1.93 bits per heavy atom. The van der Waals surface area contributed by atoms with Gasteiger partial charge in [0.2, 0.25) is 0 Å². The van der Waals surface area contributed by atoms with Crippen LogP contribution in [0.3, 0.4) is 0 Å². The number of hydrogen-bond donors (Lipinski definition) is 1. The maximum atomic E-state index is 12.0. The first-order chi connectivity index (χ1) is 7.26. The number of rotatable bonds is 0. The Kier molecular flexibility index (Phi) is 2.06. The lowest BCUT2D eigenvalue weighted by atomic mass is 9.69. The summed E-state index contributed by atoms with van der Waals surface area (Å²) in [6.07, 6.45) is 7.37. The van der Waals surface area contributed by atoms with E-state index < -0.39 is 6.10 Å². The minimum Gasteiger partial charge on any atom is -0.383 e. The van der Waals surface area contributed by atoms with Crippen molar-refractivity contribution in [1.29, 1.82) is 0 Å². The smallest absolute Gasteiger partial charge is 0.252 e. The Morgan fingerprint density at radius 1 is 1.20 bits per heavy atom. The minimum atomic E-state index is -0.691. The predicted octanol–water partition coefficient (Wildman–Crippen LogP) is 1.30. The Bertz CT molecular complexity index is 285. The van der Waals surface area contributed by atoms with Gasteiger partial charge in [0.05, 0.1) is 0 Å². The summed E-state index contributed by atoms with van der Waals surface area (Å²) < 4.78 is 0. The highest BCUT2D eigenvalue weighted by molar-refractivity contribution is 5.85. The minimum absolute atomic E-state index is 0.0154. The monoisotopic (exact) mass is 209 g/mol. The first kappa shape index (κ1) is 9.64. The topological polar surface area (TPSA) is 40.5 Å².